The molecule has 0 spiro atoms. The fraction of sp³-hybridized carbons (Fsp3) is 0.417. The normalized spacial score (nSPS) is 15.5. The standard InChI is InChI=1S/C24H27NO6/c1-24(2,23(27)30-16-6-5-7-16)31-20-17(10-11-19(28-3)21(20)29-4)14-8-9-18-15(12-14)13-25-22(18)26/h8-12,16H,5-7,13H2,1-4H3,(H,25,26). The smallest absolute Gasteiger partial charge is 0.350 e. The molecule has 1 N–H and O–H groups in total. The summed E-state index contributed by atoms with van der Waals surface area (Å²) < 4.78 is 22.9. The van der Waals surface area contributed by atoms with Gasteiger partial charge in [-0.15, -0.1) is 0 Å². The Labute approximate surface area is 181 Å². The van der Waals surface area contributed by atoms with E-state index in [2.05, 4.69) is 5.32 Å². The van der Waals surface area contributed by atoms with Crippen molar-refractivity contribution in [3.05, 3.63) is 41.5 Å². The average molecular weight is 425 g/mol. The zero-order valence-corrected chi connectivity index (χ0v) is 18.2. The molecule has 0 atom stereocenters. The average Bonchev–Trinajstić information content (AvgIpc) is 3.09. The van der Waals surface area contributed by atoms with Crippen LogP contribution < -0.4 is 19.5 Å². The molecule has 2 aromatic rings. The first-order valence-electron chi connectivity index (χ1n) is 10.4. The maximum atomic E-state index is 12.8. The molecule has 0 unspecified atom stereocenters. The van der Waals surface area contributed by atoms with E-state index >= 15 is 0 Å². The summed E-state index contributed by atoms with van der Waals surface area (Å²) in [5, 5.41) is 2.83. The van der Waals surface area contributed by atoms with Crippen LogP contribution in [0.25, 0.3) is 11.1 Å². The van der Waals surface area contributed by atoms with Gasteiger partial charge in [0.15, 0.2) is 17.1 Å². The first kappa shape index (κ1) is 21.0. The van der Waals surface area contributed by atoms with Crippen LogP contribution in [-0.4, -0.2) is 37.8 Å². The number of hydrogen-bond acceptors (Lipinski definition) is 6. The second kappa shape index (κ2) is 8.13. The van der Waals surface area contributed by atoms with Gasteiger partial charge in [-0.05, 0) is 68.5 Å². The Morgan fingerprint density at radius 1 is 1.03 bits per heavy atom. The van der Waals surface area contributed by atoms with Gasteiger partial charge < -0.3 is 24.3 Å². The number of amides is 1. The largest absolute Gasteiger partial charge is 0.493 e. The monoisotopic (exact) mass is 425 g/mol. The Hall–Kier alpha value is -3.22. The van der Waals surface area contributed by atoms with Gasteiger partial charge in [-0.3, -0.25) is 4.79 Å². The molecular weight excluding hydrogens is 398 g/mol. The number of esters is 1. The summed E-state index contributed by atoms with van der Waals surface area (Å²) in [6, 6.07) is 9.25. The summed E-state index contributed by atoms with van der Waals surface area (Å²) in [7, 11) is 3.07. The molecule has 0 saturated heterocycles. The molecule has 2 aliphatic rings. The van der Waals surface area contributed by atoms with Crippen molar-refractivity contribution in [2.24, 2.45) is 0 Å². The van der Waals surface area contributed by atoms with Crippen LogP contribution in [0.2, 0.25) is 0 Å². The SMILES string of the molecule is COc1ccc(-c2ccc3c(c2)CNC3=O)c(OC(C)(C)C(=O)OC2CCC2)c1OC. The minimum absolute atomic E-state index is 0.0381. The number of carbonyl (C=O) groups excluding carboxylic acids is 2. The lowest BCUT2D eigenvalue weighted by molar-refractivity contribution is -0.168. The maximum Gasteiger partial charge on any atom is 0.350 e. The van der Waals surface area contributed by atoms with Crippen LogP contribution in [-0.2, 0) is 16.1 Å². The summed E-state index contributed by atoms with van der Waals surface area (Å²) in [6.45, 7) is 3.84. The van der Waals surface area contributed by atoms with Gasteiger partial charge in [-0.1, -0.05) is 6.07 Å². The summed E-state index contributed by atoms with van der Waals surface area (Å²) in [6.07, 6.45) is 2.81. The predicted molar refractivity (Wildman–Crippen MR) is 115 cm³/mol. The lowest BCUT2D eigenvalue weighted by Gasteiger charge is -2.32. The highest BCUT2D eigenvalue weighted by atomic mass is 16.6. The third kappa shape index (κ3) is 3.92. The highest BCUT2D eigenvalue weighted by Crippen LogP contribution is 2.46. The van der Waals surface area contributed by atoms with Gasteiger partial charge in [0.05, 0.1) is 14.2 Å². The minimum atomic E-state index is -1.24. The number of nitrogens with one attached hydrogen (secondary N) is 1. The zero-order chi connectivity index (χ0) is 22.2. The molecule has 1 aliphatic carbocycles. The van der Waals surface area contributed by atoms with Crippen molar-refractivity contribution >= 4 is 11.9 Å². The number of hydrogen-bond donors (Lipinski definition) is 1. The Morgan fingerprint density at radius 2 is 1.77 bits per heavy atom. The topological polar surface area (TPSA) is 83.1 Å². The third-order valence-corrected chi connectivity index (χ3v) is 5.78. The van der Waals surface area contributed by atoms with E-state index in [1.54, 1.807) is 33.1 Å². The van der Waals surface area contributed by atoms with Crippen LogP contribution in [0.15, 0.2) is 30.3 Å². The van der Waals surface area contributed by atoms with E-state index in [9.17, 15) is 9.59 Å². The Bertz CT molecular complexity index is 1020. The number of benzene rings is 2. The Kier molecular flexibility index (Phi) is 5.52. The van der Waals surface area contributed by atoms with Crippen molar-refractivity contribution in [1.29, 1.82) is 0 Å². The van der Waals surface area contributed by atoms with Crippen molar-refractivity contribution in [2.45, 2.75) is 51.4 Å². The van der Waals surface area contributed by atoms with Gasteiger partial charge in [0, 0.05) is 17.7 Å². The zero-order valence-electron chi connectivity index (χ0n) is 18.2. The number of rotatable bonds is 7. The van der Waals surface area contributed by atoms with Crippen LogP contribution in [0.4, 0.5) is 0 Å². The molecule has 1 fully saturated rings. The summed E-state index contributed by atoms with van der Waals surface area (Å²) >= 11 is 0. The van der Waals surface area contributed by atoms with Crippen LogP contribution in [0.1, 0.15) is 49.0 Å². The number of ether oxygens (including phenoxy) is 4. The van der Waals surface area contributed by atoms with Crippen molar-refractivity contribution in [2.75, 3.05) is 14.2 Å². The molecular formula is C24H27NO6. The van der Waals surface area contributed by atoms with E-state index in [-0.39, 0.29) is 12.0 Å². The van der Waals surface area contributed by atoms with Crippen molar-refractivity contribution in [3.63, 3.8) is 0 Å². The van der Waals surface area contributed by atoms with Crippen LogP contribution >= 0.6 is 0 Å². The molecule has 7 nitrogen and oxygen atoms in total. The molecule has 1 saturated carbocycles. The molecule has 1 amide bonds. The molecule has 4 rings (SSSR count). The van der Waals surface area contributed by atoms with E-state index in [0.717, 1.165) is 36.0 Å². The summed E-state index contributed by atoms with van der Waals surface area (Å²) in [5.74, 6) is 0.762. The van der Waals surface area contributed by atoms with E-state index in [4.69, 9.17) is 18.9 Å². The molecule has 2 aromatic carbocycles. The van der Waals surface area contributed by atoms with Gasteiger partial charge >= 0.3 is 5.97 Å². The third-order valence-electron chi connectivity index (χ3n) is 5.78. The van der Waals surface area contributed by atoms with E-state index < -0.39 is 11.6 Å². The first-order chi connectivity index (χ1) is 14.8. The van der Waals surface area contributed by atoms with Gasteiger partial charge in [0.1, 0.15) is 6.10 Å². The molecule has 1 heterocycles. The lowest BCUT2D eigenvalue weighted by Crippen LogP contribution is -2.43. The maximum absolute atomic E-state index is 12.8. The van der Waals surface area contributed by atoms with Gasteiger partial charge in [-0.2, -0.15) is 0 Å². The molecule has 0 aromatic heterocycles. The predicted octanol–water partition coefficient (Wildman–Crippen LogP) is 3.87. The van der Waals surface area contributed by atoms with E-state index in [1.807, 2.05) is 18.2 Å². The van der Waals surface area contributed by atoms with Crippen LogP contribution in [0.3, 0.4) is 0 Å². The van der Waals surface area contributed by atoms with Crippen LogP contribution in [0, 0.1) is 0 Å². The molecule has 1 aliphatic heterocycles. The molecule has 31 heavy (non-hydrogen) atoms. The van der Waals surface area contributed by atoms with Crippen molar-refractivity contribution < 1.29 is 28.5 Å². The molecule has 0 radical (unpaired) electrons. The second-order valence-electron chi connectivity index (χ2n) is 8.30. The van der Waals surface area contributed by atoms with E-state index in [1.165, 1.54) is 7.11 Å². The summed E-state index contributed by atoms with van der Waals surface area (Å²) in [4.78, 5) is 24.7. The molecule has 0 bridgehead atoms. The van der Waals surface area contributed by atoms with Crippen molar-refractivity contribution in [3.8, 4) is 28.4 Å². The van der Waals surface area contributed by atoms with E-state index in [0.29, 0.717) is 29.4 Å². The lowest BCUT2D eigenvalue weighted by atomic mass is 9.96. The van der Waals surface area contributed by atoms with Crippen LogP contribution in [0.5, 0.6) is 17.2 Å². The quantitative estimate of drug-likeness (QED) is 0.678. The van der Waals surface area contributed by atoms with Gasteiger partial charge in [0.25, 0.3) is 5.91 Å². The minimum Gasteiger partial charge on any atom is -0.493 e. The molecule has 7 heteroatoms. The van der Waals surface area contributed by atoms with Gasteiger partial charge in [-0.25, -0.2) is 4.79 Å². The fourth-order valence-electron chi connectivity index (χ4n) is 3.71. The van der Waals surface area contributed by atoms with Crippen molar-refractivity contribution in [1.82, 2.24) is 5.32 Å². The second-order valence-corrected chi connectivity index (χ2v) is 8.30. The number of methoxy groups -OCH3 is 2. The Balaban J connectivity index is 1.74. The number of carbonyl (C=O) groups is 2. The highest BCUT2D eigenvalue weighted by molar-refractivity contribution is 5.99. The highest BCUT2D eigenvalue weighted by Gasteiger charge is 2.37. The van der Waals surface area contributed by atoms with Gasteiger partial charge in [0.2, 0.25) is 5.75 Å². The first-order valence-corrected chi connectivity index (χ1v) is 10.4. The summed E-state index contributed by atoms with van der Waals surface area (Å²) in [5.41, 5.74) is 1.90. The Morgan fingerprint density at radius 3 is 2.42 bits per heavy atom. The fourth-order valence-corrected chi connectivity index (χ4v) is 3.71. The molecule has 164 valence electrons. The number of fused-ring (bicyclic) bond motifs is 1.